The summed E-state index contributed by atoms with van der Waals surface area (Å²) in [7, 11) is 0. The second-order valence-corrected chi connectivity index (χ2v) is 10.9. The van der Waals surface area contributed by atoms with Crippen LogP contribution in [0.2, 0.25) is 0 Å². The van der Waals surface area contributed by atoms with Crippen molar-refractivity contribution in [2.75, 3.05) is 6.54 Å². The lowest BCUT2D eigenvalue weighted by molar-refractivity contribution is -0.183. The summed E-state index contributed by atoms with van der Waals surface area (Å²) in [5, 5.41) is 13.7. The van der Waals surface area contributed by atoms with Crippen LogP contribution in [0.4, 0.5) is 22.0 Å². The van der Waals surface area contributed by atoms with E-state index in [2.05, 4.69) is 25.8 Å². The van der Waals surface area contributed by atoms with Gasteiger partial charge in [0, 0.05) is 50.0 Å². The Kier molecular flexibility index (Phi) is 8.03. The molecule has 10 nitrogen and oxygen atoms in total. The van der Waals surface area contributed by atoms with Crippen LogP contribution in [0.15, 0.2) is 24.5 Å². The van der Waals surface area contributed by atoms with Crippen molar-refractivity contribution < 1.29 is 36.3 Å². The van der Waals surface area contributed by atoms with Crippen molar-refractivity contribution in [1.29, 1.82) is 0 Å². The molecule has 3 atom stereocenters. The summed E-state index contributed by atoms with van der Waals surface area (Å²) in [6, 6.07) is 2.18. The molecule has 1 saturated heterocycles. The van der Waals surface area contributed by atoms with Gasteiger partial charge in [-0.2, -0.15) is 23.4 Å². The minimum atomic E-state index is -4.48. The van der Waals surface area contributed by atoms with Gasteiger partial charge in [0.1, 0.15) is 5.69 Å². The molecule has 1 saturated carbocycles. The van der Waals surface area contributed by atoms with Crippen molar-refractivity contribution in [2.24, 2.45) is 17.8 Å². The Labute approximate surface area is 237 Å². The lowest BCUT2D eigenvalue weighted by atomic mass is 9.81. The maximum atomic E-state index is 14.0. The van der Waals surface area contributed by atoms with Crippen LogP contribution >= 0.6 is 0 Å². The Morgan fingerprint density at radius 2 is 2.02 bits per heavy atom. The van der Waals surface area contributed by atoms with E-state index in [1.165, 1.54) is 27.7 Å². The zero-order valence-electron chi connectivity index (χ0n) is 22.7. The Morgan fingerprint density at radius 1 is 1.29 bits per heavy atom. The number of alkyl halides is 5. The monoisotopic (exact) mass is 595 g/mol. The Hall–Kier alpha value is -3.91. The van der Waals surface area contributed by atoms with Gasteiger partial charge in [0.2, 0.25) is 11.8 Å². The molecule has 2 fully saturated rings. The molecule has 2 N–H and O–H groups in total. The van der Waals surface area contributed by atoms with Gasteiger partial charge in [0.05, 0.1) is 29.5 Å². The summed E-state index contributed by atoms with van der Waals surface area (Å²) in [4.78, 5) is 42.1. The highest BCUT2D eigenvalue weighted by atomic mass is 19.4. The van der Waals surface area contributed by atoms with E-state index in [1.54, 1.807) is 6.07 Å². The van der Waals surface area contributed by atoms with Crippen molar-refractivity contribution in [3.8, 4) is 0 Å². The molecule has 42 heavy (non-hydrogen) atoms. The number of rotatable bonds is 8. The van der Waals surface area contributed by atoms with Gasteiger partial charge in [-0.25, -0.2) is 18.3 Å². The van der Waals surface area contributed by atoms with Crippen molar-refractivity contribution >= 4 is 23.7 Å². The van der Waals surface area contributed by atoms with E-state index < -0.39 is 54.8 Å². The third kappa shape index (κ3) is 6.14. The molecule has 1 aliphatic carbocycles. The van der Waals surface area contributed by atoms with Crippen molar-refractivity contribution in [3.63, 3.8) is 0 Å². The van der Waals surface area contributed by atoms with Crippen molar-refractivity contribution in [1.82, 2.24) is 35.0 Å². The second-order valence-electron chi connectivity index (χ2n) is 10.9. The van der Waals surface area contributed by atoms with Gasteiger partial charge in [0.25, 0.3) is 5.91 Å². The zero-order chi connectivity index (χ0) is 30.2. The second kappa shape index (κ2) is 11.4. The third-order valence-corrected chi connectivity index (χ3v) is 8.16. The molecule has 15 heteroatoms. The lowest BCUT2D eigenvalue weighted by Gasteiger charge is -2.33. The molecule has 3 aromatic heterocycles. The van der Waals surface area contributed by atoms with E-state index in [0.717, 1.165) is 0 Å². The first kappa shape index (κ1) is 29.6. The molecule has 0 spiro atoms. The number of nitrogens with one attached hydrogen (secondary N) is 2. The number of imidazole rings is 1. The number of halogens is 5. The predicted molar refractivity (Wildman–Crippen MR) is 138 cm³/mol. The maximum absolute atomic E-state index is 14.0. The molecule has 0 bridgehead atoms. The summed E-state index contributed by atoms with van der Waals surface area (Å²) in [5.74, 6) is -6.93. The number of carbonyl (C=O) groups excluding carboxylic acids is 3. The zero-order valence-corrected chi connectivity index (χ0v) is 22.7. The van der Waals surface area contributed by atoms with Gasteiger partial charge < -0.3 is 10.6 Å². The molecule has 1 aliphatic heterocycles. The van der Waals surface area contributed by atoms with Crippen LogP contribution < -0.4 is 10.6 Å². The molecule has 4 heterocycles. The van der Waals surface area contributed by atoms with Gasteiger partial charge in [-0.15, -0.1) is 0 Å². The Morgan fingerprint density at radius 3 is 2.69 bits per heavy atom. The maximum Gasteiger partial charge on any atom is 0.393 e. The molecular formula is C27H30F5N7O3. The van der Waals surface area contributed by atoms with Crippen molar-refractivity contribution in [3.05, 3.63) is 47.2 Å². The molecule has 5 rings (SSSR count). The van der Waals surface area contributed by atoms with Gasteiger partial charge in [-0.3, -0.25) is 19.1 Å². The third-order valence-electron chi connectivity index (χ3n) is 8.16. The standard InChI is InChI=1S/C27H30F5N7O3/c1-2-38-21(5-8-34-38)25(42)36-23(15-3-6-26(28,29)7-4-15)20-13-39-22(35-20)11-17(14-40)19(37-39)10-16-9-18(27(30,31)32)12-33-24(16)41/h5,8,11,13-16,18,23H,2-4,6-7,9-10,12H2,1H3,(H,33,41)(H,36,42)/t16?,18-,23+/m1/s1. The molecule has 1 unspecified atom stereocenters. The Balaban J connectivity index is 1.46. The average molecular weight is 596 g/mol. The minimum absolute atomic E-state index is 0.0614. The minimum Gasteiger partial charge on any atom is -0.355 e. The number of fused-ring (bicyclic) bond motifs is 1. The van der Waals surface area contributed by atoms with E-state index in [4.69, 9.17) is 0 Å². The van der Waals surface area contributed by atoms with Gasteiger partial charge in [-0.05, 0) is 44.2 Å². The van der Waals surface area contributed by atoms with Crippen LogP contribution in [0.5, 0.6) is 0 Å². The highest BCUT2D eigenvalue weighted by Crippen LogP contribution is 2.41. The summed E-state index contributed by atoms with van der Waals surface area (Å²) in [5.41, 5.74) is 1.02. The van der Waals surface area contributed by atoms with E-state index in [0.29, 0.717) is 24.2 Å². The molecule has 3 aromatic rings. The molecular weight excluding hydrogens is 565 g/mol. The molecule has 0 aromatic carbocycles. The Bertz CT molecular complexity index is 1470. The number of nitrogens with zero attached hydrogens (tertiary/aromatic N) is 5. The highest BCUT2D eigenvalue weighted by molar-refractivity contribution is 5.92. The van der Waals surface area contributed by atoms with Gasteiger partial charge in [-0.1, -0.05) is 0 Å². The largest absolute Gasteiger partial charge is 0.393 e. The molecule has 2 amide bonds. The lowest BCUT2D eigenvalue weighted by Crippen LogP contribution is -2.47. The fourth-order valence-electron chi connectivity index (χ4n) is 5.79. The first-order valence-corrected chi connectivity index (χ1v) is 13.8. The number of hydrogen-bond acceptors (Lipinski definition) is 6. The van der Waals surface area contributed by atoms with E-state index in [1.807, 2.05) is 6.92 Å². The van der Waals surface area contributed by atoms with Gasteiger partial charge >= 0.3 is 6.18 Å². The number of hydrogen-bond donors (Lipinski definition) is 2. The van der Waals surface area contributed by atoms with Crippen LogP contribution in [-0.4, -0.2) is 61.1 Å². The van der Waals surface area contributed by atoms with E-state index in [9.17, 15) is 36.3 Å². The number of aryl methyl sites for hydroxylation is 1. The fraction of sp³-hybridized carbons (Fsp3) is 0.556. The molecule has 2 aliphatic rings. The van der Waals surface area contributed by atoms with Crippen molar-refractivity contribution in [2.45, 2.75) is 70.1 Å². The number of carbonyl (C=O) groups is 3. The topological polar surface area (TPSA) is 123 Å². The summed E-state index contributed by atoms with van der Waals surface area (Å²) in [6.45, 7) is 1.75. The van der Waals surface area contributed by atoms with Gasteiger partial charge in [0.15, 0.2) is 11.9 Å². The number of amides is 2. The normalized spacial score (nSPS) is 22.1. The van der Waals surface area contributed by atoms with Crippen LogP contribution in [0.25, 0.3) is 5.65 Å². The van der Waals surface area contributed by atoms with Crippen LogP contribution in [0.3, 0.4) is 0 Å². The smallest absolute Gasteiger partial charge is 0.355 e. The number of piperidine rings is 1. The number of aromatic nitrogens is 5. The first-order chi connectivity index (χ1) is 19.9. The van der Waals surface area contributed by atoms with E-state index in [-0.39, 0.29) is 54.9 Å². The van der Waals surface area contributed by atoms with Crippen LogP contribution in [0.1, 0.15) is 77.3 Å². The SMILES string of the molecule is CCn1nccc1C(=O)N[C@H](c1cn2nc(CC3C[C@@H](C(F)(F)F)CNC3=O)c(C=O)cc2n1)C1CCC(F)(F)CC1. The average Bonchev–Trinajstić information content (AvgIpc) is 3.58. The fourth-order valence-corrected chi connectivity index (χ4v) is 5.79. The molecule has 0 radical (unpaired) electrons. The van der Waals surface area contributed by atoms with E-state index >= 15 is 0 Å². The molecule has 226 valence electrons. The van der Waals surface area contributed by atoms with Crippen LogP contribution in [-0.2, 0) is 17.8 Å². The van der Waals surface area contributed by atoms with Crippen LogP contribution in [0, 0.1) is 17.8 Å². The summed E-state index contributed by atoms with van der Waals surface area (Å²) >= 11 is 0. The first-order valence-electron chi connectivity index (χ1n) is 13.8. The quantitative estimate of drug-likeness (QED) is 0.301. The highest BCUT2D eigenvalue weighted by Gasteiger charge is 2.45. The predicted octanol–water partition coefficient (Wildman–Crippen LogP) is 3.91. The number of aldehydes is 1. The summed E-state index contributed by atoms with van der Waals surface area (Å²) in [6.07, 6.45) is -2.05. The summed E-state index contributed by atoms with van der Waals surface area (Å²) < 4.78 is 70.7.